The smallest absolute Gasteiger partial charge is 0.305 e. The largest absolute Gasteiger partial charge is 0.496 e. The highest BCUT2D eigenvalue weighted by Gasteiger charge is 2.22. The zero-order chi connectivity index (χ0) is 22.0. The molecule has 31 heavy (non-hydrogen) atoms. The predicted molar refractivity (Wildman–Crippen MR) is 120 cm³/mol. The van der Waals surface area contributed by atoms with Gasteiger partial charge in [-0.1, -0.05) is 66.7 Å². The van der Waals surface area contributed by atoms with E-state index in [4.69, 9.17) is 10.5 Å². The highest BCUT2D eigenvalue weighted by Crippen LogP contribution is 2.45. The van der Waals surface area contributed by atoms with Crippen LogP contribution in [-0.2, 0) is 0 Å². The summed E-state index contributed by atoms with van der Waals surface area (Å²) in [6.45, 7) is 0. The number of hydrogen-bond donors (Lipinski definition) is 1. The fourth-order valence-electron chi connectivity index (χ4n) is 3.75. The molecule has 6 heteroatoms. The van der Waals surface area contributed by atoms with E-state index in [0.717, 1.165) is 22.8 Å². The van der Waals surface area contributed by atoms with Crippen LogP contribution in [0.25, 0.3) is 33.4 Å². The molecular formula is C25H19FN2O3. The summed E-state index contributed by atoms with van der Waals surface area (Å²) < 4.78 is 20.7. The molecule has 0 aliphatic rings. The minimum atomic E-state index is -0.872. The Kier molecular flexibility index (Phi) is 5.37. The lowest BCUT2D eigenvalue weighted by atomic mass is 9.88. The molecule has 0 bridgehead atoms. The third kappa shape index (κ3) is 3.59. The van der Waals surface area contributed by atoms with E-state index in [2.05, 4.69) is 0 Å². The second-order valence-electron chi connectivity index (χ2n) is 6.91. The summed E-state index contributed by atoms with van der Waals surface area (Å²) in [7, 11) is 1.58. The maximum atomic E-state index is 15.1. The van der Waals surface area contributed by atoms with Crippen LogP contribution in [0.2, 0.25) is 0 Å². The SMILES string of the molecule is COc1cccc(-c2ccccc2-c2cccc([N+](=O)[O-])c2F)c1-c1ccccc1N. The summed E-state index contributed by atoms with van der Waals surface area (Å²) in [6.07, 6.45) is 0. The van der Waals surface area contributed by atoms with Crippen LogP contribution in [0.15, 0.2) is 84.9 Å². The van der Waals surface area contributed by atoms with Crippen molar-refractivity contribution in [3.63, 3.8) is 0 Å². The Labute approximate surface area is 178 Å². The van der Waals surface area contributed by atoms with Gasteiger partial charge in [-0.25, -0.2) is 0 Å². The van der Waals surface area contributed by atoms with Crippen molar-refractivity contribution in [3.05, 3.63) is 101 Å². The van der Waals surface area contributed by atoms with E-state index in [1.165, 1.54) is 12.1 Å². The first-order valence-electron chi connectivity index (χ1n) is 9.57. The molecule has 154 valence electrons. The highest BCUT2D eigenvalue weighted by atomic mass is 19.1. The van der Waals surface area contributed by atoms with E-state index in [9.17, 15) is 10.1 Å². The van der Waals surface area contributed by atoms with Gasteiger partial charge in [-0.3, -0.25) is 10.1 Å². The van der Waals surface area contributed by atoms with Gasteiger partial charge in [0.05, 0.1) is 12.0 Å². The lowest BCUT2D eigenvalue weighted by Crippen LogP contribution is -1.98. The monoisotopic (exact) mass is 414 g/mol. The summed E-state index contributed by atoms with van der Waals surface area (Å²) >= 11 is 0. The lowest BCUT2D eigenvalue weighted by Gasteiger charge is -2.18. The topological polar surface area (TPSA) is 78.4 Å². The second-order valence-corrected chi connectivity index (χ2v) is 6.91. The first-order chi connectivity index (χ1) is 15.0. The molecule has 2 N–H and O–H groups in total. The normalized spacial score (nSPS) is 10.6. The summed E-state index contributed by atoms with van der Waals surface area (Å²) in [5.74, 6) is -0.256. The van der Waals surface area contributed by atoms with Crippen LogP contribution < -0.4 is 10.5 Å². The number of nitro benzene ring substituents is 1. The number of nitro groups is 1. The van der Waals surface area contributed by atoms with Crippen LogP contribution in [-0.4, -0.2) is 12.0 Å². The molecule has 0 unspecified atom stereocenters. The van der Waals surface area contributed by atoms with Crippen molar-refractivity contribution in [1.82, 2.24) is 0 Å². The maximum Gasteiger partial charge on any atom is 0.305 e. The van der Waals surface area contributed by atoms with Gasteiger partial charge in [-0.15, -0.1) is 0 Å². The number of rotatable bonds is 5. The zero-order valence-electron chi connectivity index (χ0n) is 16.7. The van der Waals surface area contributed by atoms with Crippen LogP contribution in [0.3, 0.4) is 0 Å². The van der Waals surface area contributed by atoms with E-state index in [0.29, 0.717) is 22.6 Å². The van der Waals surface area contributed by atoms with Gasteiger partial charge in [0, 0.05) is 28.4 Å². The number of nitrogens with two attached hydrogens (primary N) is 1. The van der Waals surface area contributed by atoms with Gasteiger partial charge in [0.2, 0.25) is 5.82 Å². The zero-order valence-corrected chi connectivity index (χ0v) is 16.7. The molecule has 0 aliphatic carbocycles. The van der Waals surface area contributed by atoms with Gasteiger partial charge in [0.15, 0.2) is 0 Å². The standard InChI is InChI=1S/C25H19FN2O3/c1-31-23-15-7-11-18(24(23)20-10-4-5-13-21(20)27)16-8-2-3-9-17(16)19-12-6-14-22(25(19)26)28(29)30/h2-15H,27H2,1H3. The molecule has 0 aromatic heterocycles. The predicted octanol–water partition coefficient (Wildman–Crippen LogP) is 6.33. The Hall–Kier alpha value is -4.19. The number of halogens is 1. The van der Waals surface area contributed by atoms with Crippen molar-refractivity contribution in [2.75, 3.05) is 12.8 Å². The minimum absolute atomic E-state index is 0.152. The van der Waals surface area contributed by atoms with Crippen LogP contribution in [0.1, 0.15) is 0 Å². The Bertz CT molecular complexity index is 1290. The van der Waals surface area contributed by atoms with Gasteiger partial charge in [-0.2, -0.15) is 4.39 Å². The molecule has 4 aromatic carbocycles. The Morgan fingerprint density at radius 1 is 0.774 bits per heavy atom. The summed E-state index contributed by atoms with van der Waals surface area (Å²) in [5.41, 5.74) is 9.99. The number of hydrogen-bond acceptors (Lipinski definition) is 4. The van der Waals surface area contributed by atoms with Gasteiger partial charge < -0.3 is 10.5 Å². The minimum Gasteiger partial charge on any atom is -0.496 e. The number of para-hydroxylation sites is 1. The molecule has 0 heterocycles. The third-order valence-electron chi connectivity index (χ3n) is 5.16. The average Bonchev–Trinajstić information content (AvgIpc) is 2.79. The van der Waals surface area contributed by atoms with Crippen molar-refractivity contribution < 1.29 is 14.1 Å². The molecule has 4 aromatic rings. The van der Waals surface area contributed by atoms with Crippen molar-refractivity contribution in [2.24, 2.45) is 0 Å². The Morgan fingerprint density at radius 2 is 1.32 bits per heavy atom. The maximum absolute atomic E-state index is 15.1. The van der Waals surface area contributed by atoms with E-state index in [1.54, 1.807) is 25.3 Å². The number of nitrogens with zero attached hydrogens (tertiary/aromatic N) is 1. The van der Waals surface area contributed by atoms with Crippen molar-refractivity contribution in [2.45, 2.75) is 0 Å². The third-order valence-corrected chi connectivity index (χ3v) is 5.16. The van der Waals surface area contributed by atoms with E-state index >= 15 is 4.39 Å². The van der Waals surface area contributed by atoms with Gasteiger partial charge >= 0.3 is 5.69 Å². The summed E-state index contributed by atoms with van der Waals surface area (Å²) in [5, 5.41) is 11.3. The molecule has 0 aliphatic heterocycles. The molecular weight excluding hydrogens is 395 g/mol. The van der Waals surface area contributed by atoms with Gasteiger partial charge in [0.25, 0.3) is 0 Å². The average molecular weight is 414 g/mol. The van der Waals surface area contributed by atoms with Crippen molar-refractivity contribution >= 4 is 11.4 Å². The van der Waals surface area contributed by atoms with E-state index < -0.39 is 16.4 Å². The Morgan fingerprint density at radius 3 is 1.97 bits per heavy atom. The fraction of sp³-hybridized carbons (Fsp3) is 0.0400. The van der Waals surface area contributed by atoms with Crippen LogP contribution in [0, 0.1) is 15.9 Å². The van der Waals surface area contributed by atoms with Crippen LogP contribution in [0.5, 0.6) is 5.75 Å². The molecule has 0 saturated carbocycles. The van der Waals surface area contributed by atoms with Crippen LogP contribution in [0.4, 0.5) is 15.8 Å². The van der Waals surface area contributed by atoms with Gasteiger partial charge in [0.1, 0.15) is 5.75 Å². The van der Waals surface area contributed by atoms with Crippen molar-refractivity contribution in [1.29, 1.82) is 0 Å². The Balaban J connectivity index is 2.03. The number of anilines is 1. The fourth-order valence-corrected chi connectivity index (χ4v) is 3.75. The molecule has 0 amide bonds. The summed E-state index contributed by atoms with van der Waals surface area (Å²) in [6, 6.07) is 24.4. The van der Waals surface area contributed by atoms with Gasteiger partial charge in [-0.05, 0) is 28.8 Å². The number of nitrogen functional groups attached to an aromatic ring is 1. The highest BCUT2D eigenvalue weighted by molar-refractivity contribution is 5.96. The quantitative estimate of drug-likeness (QED) is 0.235. The molecule has 5 nitrogen and oxygen atoms in total. The first kappa shape index (κ1) is 20.1. The molecule has 0 atom stereocenters. The second kappa shape index (κ2) is 8.28. The molecule has 0 spiro atoms. The van der Waals surface area contributed by atoms with Crippen molar-refractivity contribution in [3.8, 4) is 39.1 Å². The lowest BCUT2D eigenvalue weighted by molar-refractivity contribution is -0.387. The molecule has 0 saturated heterocycles. The number of benzene rings is 4. The van der Waals surface area contributed by atoms with E-state index in [-0.39, 0.29) is 5.56 Å². The number of methoxy groups -OCH3 is 1. The van der Waals surface area contributed by atoms with Crippen LogP contribution >= 0.6 is 0 Å². The molecule has 0 radical (unpaired) electrons. The number of ether oxygens (including phenoxy) is 1. The molecule has 4 rings (SSSR count). The molecule has 0 fully saturated rings. The van der Waals surface area contributed by atoms with E-state index in [1.807, 2.05) is 48.5 Å². The first-order valence-corrected chi connectivity index (χ1v) is 9.57. The summed E-state index contributed by atoms with van der Waals surface area (Å²) in [4.78, 5) is 10.5.